The fourth-order valence-electron chi connectivity index (χ4n) is 1.71. The molecule has 2 N–H and O–H groups in total. The molecule has 5 heteroatoms. The number of nitrogens with one attached hydrogen (secondary N) is 2. The number of carbonyl (C=O) groups is 1. The molecule has 1 aromatic rings. The van der Waals surface area contributed by atoms with Crippen molar-refractivity contribution in [1.29, 1.82) is 0 Å². The van der Waals surface area contributed by atoms with Crippen LogP contribution in [0.5, 0.6) is 5.75 Å². The van der Waals surface area contributed by atoms with Gasteiger partial charge in [0.1, 0.15) is 12.4 Å². The minimum Gasteiger partial charge on any atom is -0.491 e. The second kappa shape index (κ2) is 9.34. The summed E-state index contributed by atoms with van der Waals surface area (Å²) in [6.45, 7) is 4.22. The number of hydrogen-bond acceptors (Lipinski definition) is 4. The second-order valence-electron chi connectivity index (χ2n) is 4.66. The van der Waals surface area contributed by atoms with Crippen LogP contribution in [-0.2, 0) is 16.1 Å². The number of benzene rings is 1. The first-order chi connectivity index (χ1) is 9.67. The van der Waals surface area contributed by atoms with Gasteiger partial charge in [0.15, 0.2) is 0 Å². The quantitative estimate of drug-likeness (QED) is 0.667. The van der Waals surface area contributed by atoms with Crippen LogP contribution < -0.4 is 15.4 Å². The zero-order chi connectivity index (χ0) is 14.8. The summed E-state index contributed by atoms with van der Waals surface area (Å²) in [4.78, 5) is 11.8. The first-order valence-corrected chi connectivity index (χ1v) is 6.80. The molecule has 0 aliphatic heterocycles. The molecule has 1 amide bonds. The lowest BCUT2D eigenvalue weighted by Gasteiger charge is -2.12. The van der Waals surface area contributed by atoms with Crippen molar-refractivity contribution in [1.82, 2.24) is 10.6 Å². The van der Waals surface area contributed by atoms with Gasteiger partial charge in [0, 0.05) is 26.1 Å². The van der Waals surface area contributed by atoms with Gasteiger partial charge in [0.2, 0.25) is 5.91 Å². The van der Waals surface area contributed by atoms with Gasteiger partial charge >= 0.3 is 0 Å². The van der Waals surface area contributed by atoms with E-state index in [0.717, 1.165) is 11.3 Å². The third kappa shape index (κ3) is 6.04. The van der Waals surface area contributed by atoms with Gasteiger partial charge < -0.3 is 20.1 Å². The van der Waals surface area contributed by atoms with Gasteiger partial charge in [-0.05, 0) is 24.7 Å². The summed E-state index contributed by atoms with van der Waals surface area (Å²) in [6, 6.07) is 7.69. The second-order valence-corrected chi connectivity index (χ2v) is 4.66. The molecule has 0 saturated carbocycles. The van der Waals surface area contributed by atoms with Crippen molar-refractivity contribution in [3.8, 4) is 5.75 Å². The molecule has 1 unspecified atom stereocenters. The summed E-state index contributed by atoms with van der Waals surface area (Å²) >= 11 is 0. The third-order valence-electron chi connectivity index (χ3n) is 2.90. The SMILES string of the molecule is CNCC(C)C(=O)NCc1ccc(OCCOC)cc1. The average molecular weight is 280 g/mol. The van der Waals surface area contributed by atoms with E-state index in [0.29, 0.717) is 26.3 Å². The maximum absolute atomic E-state index is 11.8. The van der Waals surface area contributed by atoms with Gasteiger partial charge in [0.05, 0.1) is 6.61 Å². The molecule has 0 fully saturated rings. The molecule has 0 aliphatic rings. The molecule has 0 radical (unpaired) electrons. The molecule has 1 aromatic carbocycles. The number of carbonyl (C=O) groups excluding carboxylic acids is 1. The highest BCUT2D eigenvalue weighted by Crippen LogP contribution is 2.12. The highest BCUT2D eigenvalue weighted by Gasteiger charge is 2.10. The first kappa shape index (κ1) is 16.5. The summed E-state index contributed by atoms with van der Waals surface area (Å²) in [6.07, 6.45) is 0. The topological polar surface area (TPSA) is 59.6 Å². The summed E-state index contributed by atoms with van der Waals surface area (Å²) in [7, 11) is 3.48. The Hall–Kier alpha value is -1.59. The first-order valence-electron chi connectivity index (χ1n) is 6.80. The molecule has 0 aromatic heterocycles. The van der Waals surface area contributed by atoms with Crippen LogP contribution in [0.3, 0.4) is 0 Å². The van der Waals surface area contributed by atoms with E-state index in [4.69, 9.17) is 9.47 Å². The highest BCUT2D eigenvalue weighted by molar-refractivity contribution is 5.78. The van der Waals surface area contributed by atoms with E-state index in [1.54, 1.807) is 7.11 Å². The minimum absolute atomic E-state index is 0.0309. The molecule has 0 aliphatic carbocycles. The van der Waals surface area contributed by atoms with Gasteiger partial charge in [-0.25, -0.2) is 0 Å². The normalized spacial score (nSPS) is 11.9. The van der Waals surface area contributed by atoms with E-state index in [9.17, 15) is 4.79 Å². The Balaban J connectivity index is 2.36. The van der Waals surface area contributed by atoms with Crippen LogP contribution >= 0.6 is 0 Å². The maximum Gasteiger partial charge on any atom is 0.224 e. The standard InChI is InChI=1S/C15H24N2O3/c1-12(10-16-2)15(18)17-11-13-4-6-14(7-5-13)20-9-8-19-3/h4-7,12,16H,8-11H2,1-3H3,(H,17,18). The van der Waals surface area contributed by atoms with Crippen molar-refractivity contribution in [2.75, 3.05) is 33.9 Å². The summed E-state index contributed by atoms with van der Waals surface area (Å²) in [5.41, 5.74) is 1.05. The largest absolute Gasteiger partial charge is 0.491 e. The number of rotatable bonds is 9. The molecule has 20 heavy (non-hydrogen) atoms. The molecule has 112 valence electrons. The van der Waals surface area contributed by atoms with E-state index in [1.165, 1.54) is 0 Å². The number of amides is 1. The molecule has 1 rings (SSSR count). The fraction of sp³-hybridized carbons (Fsp3) is 0.533. The monoisotopic (exact) mass is 280 g/mol. The van der Waals surface area contributed by atoms with Crippen LogP contribution in [0.25, 0.3) is 0 Å². The molecule has 0 spiro atoms. The van der Waals surface area contributed by atoms with Crippen LogP contribution in [-0.4, -0.2) is 39.8 Å². The van der Waals surface area contributed by atoms with Gasteiger partial charge in [-0.2, -0.15) is 0 Å². The molecule has 0 saturated heterocycles. The van der Waals surface area contributed by atoms with E-state index < -0.39 is 0 Å². The Morgan fingerprint density at radius 3 is 2.55 bits per heavy atom. The molecular weight excluding hydrogens is 256 g/mol. The Bertz CT molecular complexity index is 393. The van der Waals surface area contributed by atoms with Gasteiger partial charge in [-0.1, -0.05) is 19.1 Å². The molecular formula is C15H24N2O3. The van der Waals surface area contributed by atoms with Crippen LogP contribution in [0.2, 0.25) is 0 Å². The van der Waals surface area contributed by atoms with Crippen LogP contribution in [0.4, 0.5) is 0 Å². The highest BCUT2D eigenvalue weighted by atomic mass is 16.5. The average Bonchev–Trinajstić information content (AvgIpc) is 2.46. The third-order valence-corrected chi connectivity index (χ3v) is 2.90. The number of methoxy groups -OCH3 is 1. The van der Waals surface area contributed by atoms with Crippen LogP contribution in [0.1, 0.15) is 12.5 Å². The minimum atomic E-state index is -0.0309. The predicted octanol–water partition coefficient (Wildman–Crippen LogP) is 1.18. The van der Waals surface area contributed by atoms with Gasteiger partial charge in [-0.3, -0.25) is 4.79 Å². The zero-order valence-electron chi connectivity index (χ0n) is 12.4. The Morgan fingerprint density at radius 2 is 1.95 bits per heavy atom. The summed E-state index contributed by atoms with van der Waals surface area (Å²) in [5.74, 6) is 0.831. The van der Waals surface area contributed by atoms with Crippen LogP contribution in [0.15, 0.2) is 24.3 Å². The van der Waals surface area contributed by atoms with E-state index >= 15 is 0 Å². The number of ether oxygens (including phenoxy) is 2. The summed E-state index contributed by atoms with van der Waals surface area (Å²) < 4.78 is 10.4. The lowest BCUT2D eigenvalue weighted by molar-refractivity contribution is -0.124. The van der Waals surface area contributed by atoms with Crippen molar-refractivity contribution in [3.05, 3.63) is 29.8 Å². The van der Waals surface area contributed by atoms with Crippen molar-refractivity contribution < 1.29 is 14.3 Å². The lowest BCUT2D eigenvalue weighted by atomic mass is 10.1. The van der Waals surface area contributed by atoms with Crippen molar-refractivity contribution in [2.24, 2.45) is 5.92 Å². The lowest BCUT2D eigenvalue weighted by Crippen LogP contribution is -2.33. The molecule has 5 nitrogen and oxygen atoms in total. The van der Waals surface area contributed by atoms with Crippen molar-refractivity contribution in [2.45, 2.75) is 13.5 Å². The van der Waals surface area contributed by atoms with Crippen LogP contribution in [0, 0.1) is 5.92 Å². The fourth-order valence-corrected chi connectivity index (χ4v) is 1.71. The van der Waals surface area contributed by atoms with Gasteiger partial charge in [0.25, 0.3) is 0 Å². The molecule has 0 heterocycles. The van der Waals surface area contributed by atoms with Crippen molar-refractivity contribution >= 4 is 5.91 Å². The number of hydrogen-bond donors (Lipinski definition) is 2. The van der Waals surface area contributed by atoms with Crippen molar-refractivity contribution in [3.63, 3.8) is 0 Å². The smallest absolute Gasteiger partial charge is 0.224 e. The molecule has 0 bridgehead atoms. The van der Waals surface area contributed by atoms with E-state index in [2.05, 4.69) is 10.6 Å². The molecule has 1 atom stereocenters. The summed E-state index contributed by atoms with van der Waals surface area (Å²) in [5, 5.41) is 5.91. The predicted molar refractivity (Wildman–Crippen MR) is 78.8 cm³/mol. The maximum atomic E-state index is 11.8. The Kier molecular flexibility index (Phi) is 7.69. The van der Waals surface area contributed by atoms with E-state index in [-0.39, 0.29) is 11.8 Å². The van der Waals surface area contributed by atoms with E-state index in [1.807, 2.05) is 38.2 Å². The zero-order valence-corrected chi connectivity index (χ0v) is 12.4. The Morgan fingerprint density at radius 1 is 1.25 bits per heavy atom. The van der Waals surface area contributed by atoms with Gasteiger partial charge in [-0.15, -0.1) is 0 Å². The Labute approximate surface area is 120 Å².